The third-order valence-electron chi connectivity index (χ3n) is 3.88. The van der Waals surface area contributed by atoms with E-state index in [1.807, 2.05) is 7.05 Å². The Morgan fingerprint density at radius 2 is 2.00 bits per heavy atom. The second kappa shape index (κ2) is 5.95. The largest absolute Gasteiger partial charge is 0.507 e. The summed E-state index contributed by atoms with van der Waals surface area (Å²) in [4.78, 5) is 14.2. The number of phenolic OH excluding ortho intramolecular Hbond substituents is 1. The predicted molar refractivity (Wildman–Crippen MR) is 73.6 cm³/mol. The molecule has 0 radical (unpaired) electrons. The van der Waals surface area contributed by atoms with Gasteiger partial charge in [0.25, 0.3) is 5.91 Å². The Morgan fingerprint density at radius 1 is 1.32 bits per heavy atom. The summed E-state index contributed by atoms with van der Waals surface area (Å²) in [5.41, 5.74) is 0.342. The first-order valence-corrected chi connectivity index (χ1v) is 6.77. The minimum absolute atomic E-state index is 0.0213. The summed E-state index contributed by atoms with van der Waals surface area (Å²) in [5.74, 6) is 0.411. The van der Waals surface area contributed by atoms with Crippen molar-refractivity contribution in [2.45, 2.75) is 38.1 Å². The van der Waals surface area contributed by atoms with E-state index in [0.29, 0.717) is 17.4 Å². The maximum Gasteiger partial charge on any atom is 0.257 e. The van der Waals surface area contributed by atoms with Crippen LogP contribution in [0, 0.1) is 0 Å². The number of benzene rings is 1. The maximum atomic E-state index is 12.4. The van der Waals surface area contributed by atoms with Crippen LogP contribution in [0.25, 0.3) is 0 Å². The molecule has 1 aliphatic carbocycles. The first-order chi connectivity index (χ1) is 9.13. The molecule has 0 aliphatic heterocycles. The van der Waals surface area contributed by atoms with Crippen molar-refractivity contribution in [1.29, 1.82) is 0 Å². The zero-order valence-electron chi connectivity index (χ0n) is 11.6. The summed E-state index contributed by atoms with van der Waals surface area (Å²) in [6.45, 7) is 0. The van der Waals surface area contributed by atoms with Gasteiger partial charge in [-0.05, 0) is 25.0 Å². The van der Waals surface area contributed by atoms with Crippen molar-refractivity contribution < 1.29 is 14.6 Å². The highest BCUT2D eigenvalue weighted by Crippen LogP contribution is 2.27. The zero-order chi connectivity index (χ0) is 13.8. The monoisotopic (exact) mass is 263 g/mol. The van der Waals surface area contributed by atoms with E-state index in [0.717, 1.165) is 12.8 Å². The number of aromatic hydroxyl groups is 1. The minimum atomic E-state index is -0.118. The predicted octanol–water partition coefficient (Wildman–Crippen LogP) is 2.81. The van der Waals surface area contributed by atoms with E-state index in [1.165, 1.54) is 32.4 Å². The fourth-order valence-electron chi connectivity index (χ4n) is 2.64. The van der Waals surface area contributed by atoms with Crippen LogP contribution >= 0.6 is 0 Å². The number of carbonyl (C=O) groups is 1. The average Bonchev–Trinajstić information content (AvgIpc) is 2.46. The third kappa shape index (κ3) is 3.00. The van der Waals surface area contributed by atoms with Crippen LogP contribution in [0.4, 0.5) is 0 Å². The molecular weight excluding hydrogens is 242 g/mol. The summed E-state index contributed by atoms with van der Waals surface area (Å²) in [5, 5.41) is 9.91. The van der Waals surface area contributed by atoms with Gasteiger partial charge in [-0.3, -0.25) is 4.79 Å². The second-order valence-corrected chi connectivity index (χ2v) is 5.09. The summed E-state index contributed by atoms with van der Waals surface area (Å²) < 4.78 is 5.02. The lowest BCUT2D eigenvalue weighted by atomic mass is 9.94. The Kier molecular flexibility index (Phi) is 4.30. The molecule has 1 aromatic carbocycles. The molecule has 0 aromatic heterocycles. The SMILES string of the molecule is COc1ccc(C(=O)N(C)C2CCCCC2)c(O)c1. The van der Waals surface area contributed by atoms with E-state index in [1.54, 1.807) is 17.0 Å². The van der Waals surface area contributed by atoms with Crippen LogP contribution in [-0.4, -0.2) is 36.1 Å². The third-order valence-corrected chi connectivity index (χ3v) is 3.88. The molecule has 19 heavy (non-hydrogen) atoms. The fourth-order valence-corrected chi connectivity index (χ4v) is 2.64. The number of ether oxygens (including phenoxy) is 1. The summed E-state index contributed by atoms with van der Waals surface area (Å²) >= 11 is 0. The first kappa shape index (κ1) is 13.7. The molecule has 104 valence electrons. The first-order valence-electron chi connectivity index (χ1n) is 6.77. The lowest BCUT2D eigenvalue weighted by Gasteiger charge is -2.31. The Hall–Kier alpha value is -1.71. The van der Waals surface area contributed by atoms with E-state index in [2.05, 4.69) is 0 Å². The van der Waals surface area contributed by atoms with Crippen LogP contribution in [0.15, 0.2) is 18.2 Å². The van der Waals surface area contributed by atoms with Gasteiger partial charge in [0.2, 0.25) is 0 Å². The smallest absolute Gasteiger partial charge is 0.257 e. The lowest BCUT2D eigenvalue weighted by molar-refractivity contribution is 0.0693. The van der Waals surface area contributed by atoms with Crippen LogP contribution in [0.5, 0.6) is 11.5 Å². The van der Waals surface area contributed by atoms with Gasteiger partial charge in [-0.25, -0.2) is 0 Å². The zero-order valence-corrected chi connectivity index (χ0v) is 11.6. The van der Waals surface area contributed by atoms with Gasteiger partial charge in [0, 0.05) is 19.2 Å². The molecular formula is C15H21NO3. The average molecular weight is 263 g/mol. The number of nitrogens with zero attached hydrogens (tertiary/aromatic N) is 1. The molecule has 2 rings (SSSR count). The number of phenols is 1. The fraction of sp³-hybridized carbons (Fsp3) is 0.533. The van der Waals surface area contributed by atoms with Crippen molar-refractivity contribution in [3.63, 3.8) is 0 Å². The Morgan fingerprint density at radius 3 is 2.58 bits per heavy atom. The molecule has 1 saturated carbocycles. The molecule has 0 saturated heterocycles. The Balaban J connectivity index is 2.14. The summed E-state index contributed by atoms with van der Waals surface area (Å²) in [6.07, 6.45) is 5.72. The highest BCUT2D eigenvalue weighted by atomic mass is 16.5. The number of amides is 1. The molecule has 0 heterocycles. The Bertz CT molecular complexity index is 453. The van der Waals surface area contributed by atoms with E-state index in [9.17, 15) is 9.90 Å². The van der Waals surface area contributed by atoms with Crippen molar-refractivity contribution in [2.75, 3.05) is 14.2 Å². The van der Waals surface area contributed by atoms with Gasteiger partial charge in [-0.2, -0.15) is 0 Å². The second-order valence-electron chi connectivity index (χ2n) is 5.09. The number of hydrogen-bond donors (Lipinski definition) is 1. The molecule has 0 spiro atoms. The highest BCUT2D eigenvalue weighted by Gasteiger charge is 2.24. The Labute approximate surface area is 114 Å². The molecule has 1 aliphatic rings. The molecule has 1 N–H and O–H groups in total. The maximum absolute atomic E-state index is 12.4. The summed E-state index contributed by atoms with van der Waals surface area (Å²) in [7, 11) is 3.35. The van der Waals surface area contributed by atoms with Gasteiger partial charge < -0.3 is 14.7 Å². The molecule has 0 unspecified atom stereocenters. The molecule has 0 bridgehead atoms. The van der Waals surface area contributed by atoms with Crippen molar-refractivity contribution in [2.24, 2.45) is 0 Å². The van der Waals surface area contributed by atoms with Gasteiger partial charge in [0.05, 0.1) is 12.7 Å². The molecule has 1 aromatic rings. The van der Waals surface area contributed by atoms with Crippen molar-refractivity contribution >= 4 is 5.91 Å². The van der Waals surface area contributed by atoms with Crippen LogP contribution in [0.2, 0.25) is 0 Å². The molecule has 0 atom stereocenters. The normalized spacial score (nSPS) is 16.1. The van der Waals surface area contributed by atoms with E-state index >= 15 is 0 Å². The minimum Gasteiger partial charge on any atom is -0.507 e. The van der Waals surface area contributed by atoms with Crippen LogP contribution in [-0.2, 0) is 0 Å². The quantitative estimate of drug-likeness (QED) is 0.912. The van der Waals surface area contributed by atoms with Gasteiger partial charge in [-0.1, -0.05) is 19.3 Å². The topological polar surface area (TPSA) is 49.8 Å². The van der Waals surface area contributed by atoms with Crippen molar-refractivity contribution in [1.82, 2.24) is 4.90 Å². The number of carbonyl (C=O) groups excluding carboxylic acids is 1. The van der Waals surface area contributed by atoms with E-state index in [4.69, 9.17) is 4.74 Å². The van der Waals surface area contributed by atoms with Crippen LogP contribution < -0.4 is 4.74 Å². The number of hydrogen-bond acceptors (Lipinski definition) is 3. The standard InChI is InChI=1S/C15H21NO3/c1-16(11-6-4-3-5-7-11)15(18)13-9-8-12(19-2)10-14(13)17/h8-11,17H,3-7H2,1-2H3. The van der Waals surface area contributed by atoms with E-state index < -0.39 is 0 Å². The highest BCUT2D eigenvalue weighted by molar-refractivity contribution is 5.97. The number of methoxy groups -OCH3 is 1. The lowest BCUT2D eigenvalue weighted by Crippen LogP contribution is -2.38. The number of rotatable bonds is 3. The van der Waals surface area contributed by atoms with E-state index in [-0.39, 0.29) is 11.7 Å². The van der Waals surface area contributed by atoms with Gasteiger partial charge in [0.15, 0.2) is 0 Å². The van der Waals surface area contributed by atoms with Crippen LogP contribution in [0.3, 0.4) is 0 Å². The summed E-state index contributed by atoms with van der Waals surface area (Å²) in [6, 6.07) is 5.09. The van der Waals surface area contributed by atoms with Gasteiger partial charge in [0.1, 0.15) is 11.5 Å². The molecule has 1 fully saturated rings. The molecule has 1 amide bonds. The van der Waals surface area contributed by atoms with Gasteiger partial charge >= 0.3 is 0 Å². The van der Waals surface area contributed by atoms with Crippen molar-refractivity contribution in [3.8, 4) is 11.5 Å². The molecule has 4 heteroatoms. The van der Waals surface area contributed by atoms with Crippen molar-refractivity contribution in [3.05, 3.63) is 23.8 Å². The van der Waals surface area contributed by atoms with Crippen LogP contribution in [0.1, 0.15) is 42.5 Å². The van der Waals surface area contributed by atoms with Gasteiger partial charge in [-0.15, -0.1) is 0 Å². The molecule has 4 nitrogen and oxygen atoms in total.